The van der Waals surface area contributed by atoms with E-state index in [-0.39, 0.29) is 5.41 Å². The fraction of sp³-hybridized carbons (Fsp3) is 0.467. The van der Waals surface area contributed by atoms with Crippen LogP contribution in [0.25, 0.3) is 0 Å². The minimum Gasteiger partial charge on any atom is -0.314 e. The summed E-state index contributed by atoms with van der Waals surface area (Å²) in [6.07, 6.45) is 3.06. The Hall–Kier alpha value is -0.600. The molecule has 0 saturated heterocycles. The van der Waals surface area contributed by atoms with Gasteiger partial charge in [0.25, 0.3) is 0 Å². The van der Waals surface area contributed by atoms with E-state index >= 15 is 0 Å². The van der Waals surface area contributed by atoms with Gasteiger partial charge in [0, 0.05) is 22.5 Å². The number of halogens is 1. The fourth-order valence-corrected chi connectivity index (χ4v) is 2.15. The van der Waals surface area contributed by atoms with Crippen LogP contribution in [0.2, 0.25) is 0 Å². The fourth-order valence-electron chi connectivity index (χ4n) is 1.72. The van der Waals surface area contributed by atoms with E-state index in [1.54, 1.807) is 0 Å². The molecule has 0 saturated carbocycles. The third kappa shape index (κ3) is 4.64. The summed E-state index contributed by atoms with van der Waals surface area (Å²) >= 11 is 3.60. The summed E-state index contributed by atoms with van der Waals surface area (Å²) in [5.74, 6) is 0. The Balaban J connectivity index is 2.75. The summed E-state index contributed by atoms with van der Waals surface area (Å²) in [6.45, 7) is 11.5. The second-order valence-corrected chi connectivity index (χ2v) is 6.02. The number of nitrogens with one attached hydrogen (secondary N) is 1. The Bertz CT molecular complexity index is 373. The molecule has 0 fully saturated rings. The molecule has 2 heteroatoms. The highest BCUT2D eigenvalue weighted by Gasteiger charge is 2.21. The molecule has 0 aliphatic carbocycles. The standard InChI is InChI=1S/C15H22BrN/c1-5-15(4,11-17-12(2)3)10-13-8-6-7-9-14(13)16/h5-9,12,17H,1,10-11H2,2-4H3. The van der Waals surface area contributed by atoms with Crippen LogP contribution in [0.5, 0.6) is 0 Å². The molecule has 0 amide bonds. The number of hydrogen-bond acceptors (Lipinski definition) is 1. The Kier molecular flexibility index (Phi) is 5.41. The number of rotatable bonds is 6. The molecule has 0 bridgehead atoms. The van der Waals surface area contributed by atoms with Crippen LogP contribution in [-0.4, -0.2) is 12.6 Å². The topological polar surface area (TPSA) is 12.0 Å². The van der Waals surface area contributed by atoms with Crippen LogP contribution < -0.4 is 5.32 Å². The van der Waals surface area contributed by atoms with Crippen LogP contribution in [-0.2, 0) is 6.42 Å². The molecule has 0 aliphatic rings. The van der Waals surface area contributed by atoms with Crippen molar-refractivity contribution in [3.8, 4) is 0 Å². The molecule has 17 heavy (non-hydrogen) atoms. The lowest BCUT2D eigenvalue weighted by Crippen LogP contribution is -2.35. The average molecular weight is 296 g/mol. The molecule has 0 radical (unpaired) electrons. The molecule has 1 aromatic rings. The Morgan fingerprint density at radius 3 is 2.59 bits per heavy atom. The van der Waals surface area contributed by atoms with Crippen LogP contribution in [0.15, 0.2) is 41.4 Å². The average Bonchev–Trinajstić information content (AvgIpc) is 2.30. The molecule has 0 aromatic heterocycles. The Labute approximate surface area is 113 Å². The maximum Gasteiger partial charge on any atom is 0.0207 e. The lowest BCUT2D eigenvalue weighted by Gasteiger charge is -2.28. The van der Waals surface area contributed by atoms with Crippen molar-refractivity contribution in [1.29, 1.82) is 0 Å². The third-order valence-electron chi connectivity index (χ3n) is 2.96. The molecular weight excluding hydrogens is 274 g/mol. The largest absolute Gasteiger partial charge is 0.314 e. The molecule has 1 atom stereocenters. The van der Waals surface area contributed by atoms with Crippen LogP contribution >= 0.6 is 15.9 Å². The molecule has 1 unspecified atom stereocenters. The maximum atomic E-state index is 3.98. The first-order valence-corrected chi connectivity index (χ1v) is 6.86. The Morgan fingerprint density at radius 2 is 2.06 bits per heavy atom. The van der Waals surface area contributed by atoms with Crippen molar-refractivity contribution in [1.82, 2.24) is 5.32 Å². The van der Waals surface area contributed by atoms with E-state index in [0.29, 0.717) is 6.04 Å². The van der Waals surface area contributed by atoms with Crippen molar-refractivity contribution in [2.45, 2.75) is 33.2 Å². The molecule has 0 spiro atoms. The van der Waals surface area contributed by atoms with Crippen LogP contribution in [0, 0.1) is 5.41 Å². The van der Waals surface area contributed by atoms with Gasteiger partial charge in [0.1, 0.15) is 0 Å². The van der Waals surface area contributed by atoms with Crippen molar-refractivity contribution < 1.29 is 0 Å². The van der Waals surface area contributed by atoms with Crippen molar-refractivity contribution in [2.24, 2.45) is 5.41 Å². The van der Waals surface area contributed by atoms with Gasteiger partial charge in [-0.2, -0.15) is 0 Å². The summed E-state index contributed by atoms with van der Waals surface area (Å²) < 4.78 is 1.18. The van der Waals surface area contributed by atoms with Gasteiger partial charge in [0.05, 0.1) is 0 Å². The second kappa shape index (κ2) is 6.36. The van der Waals surface area contributed by atoms with Gasteiger partial charge in [-0.1, -0.05) is 61.0 Å². The van der Waals surface area contributed by atoms with E-state index < -0.39 is 0 Å². The molecule has 94 valence electrons. The smallest absolute Gasteiger partial charge is 0.0207 e. The summed E-state index contributed by atoms with van der Waals surface area (Å²) in [6, 6.07) is 8.90. The maximum absolute atomic E-state index is 3.98. The lowest BCUT2D eigenvalue weighted by molar-refractivity contribution is 0.373. The minimum absolute atomic E-state index is 0.0914. The predicted molar refractivity (Wildman–Crippen MR) is 79.3 cm³/mol. The summed E-state index contributed by atoms with van der Waals surface area (Å²) in [5, 5.41) is 3.49. The summed E-state index contributed by atoms with van der Waals surface area (Å²) in [7, 11) is 0. The van der Waals surface area contributed by atoms with E-state index in [2.05, 4.69) is 72.9 Å². The molecule has 1 N–H and O–H groups in total. The highest BCUT2D eigenvalue weighted by molar-refractivity contribution is 9.10. The normalized spacial score (nSPS) is 14.6. The quantitative estimate of drug-likeness (QED) is 0.776. The van der Waals surface area contributed by atoms with Gasteiger partial charge in [-0.05, 0) is 18.1 Å². The van der Waals surface area contributed by atoms with Gasteiger partial charge in [-0.3, -0.25) is 0 Å². The molecule has 1 rings (SSSR count). The zero-order valence-corrected chi connectivity index (χ0v) is 12.5. The first-order valence-electron chi connectivity index (χ1n) is 6.07. The van der Waals surface area contributed by atoms with Crippen LogP contribution in [0.3, 0.4) is 0 Å². The summed E-state index contributed by atoms with van der Waals surface area (Å²) in [4.78, 5) is 0. The van der Waals surface area contributed by atoms with Crippen molar-refractivity contribution in [2.75, 3.05) is 6.54 Å². The van der Waals surface area contributed by atoms with Gasteiger partial charge < -0.3 is 5.32 Å². The summed E-state index contributed by atoms with van der Waals surface area (Å²) in [5.41, 5.74) is 1.43. The molecular formula is C15H22BrN. The monoisotopic (exact) mass is 295 g/mol. The number of hydrogen-bond donors (Lipinski definition) is 1. The van der Waals surface area contributed by atoms with Gasteiger partial charge in [-0.15, -0.1) is 6.58 Å². The van der Waals surface area contributed by atoms with E-state index in [1.165, 1.54) is 10.0 Å². The van der Waals surface area contributed by atoms with Crippen molar-refractivity contribution in [3.63, 3.8) is 0 Å². The van der Waals surface area contributed by atoms with Crippen LogP contribution in [0.4, 0.5) is 0 Å². The predicted octanol–water partition coefficient (Wildman–Crippen LogP) is 4.18. The van der Waals surface area contributed by atoms with E-state index in [9.17, 15) is 0 Å². The molecule has 0 heterocycles. The van der Waals surface area contributed by atoms with Gasteiger partial charge in [0.15, 0.2) is 0 Å². The first-order chi connectivity index (χ1) is 7.97. The van der Waals surface area contributed by atoms with Crippen molar-refractivity contribution >= 4 is 15.9 Å². The van der Waals surface area contributed by atoms with Gasteiger partial charge in [-0.25, -0.2) is 0 Å². The molecule has 1 aromatic carbocycles. The minimum atomic E-state index is 0.0914. The third-order valence-corrected chi connectivity index (χ3v) is 3.73. The van der Waals surface area contributed by atoms with E-state index in [0.717, 1.165) is 13.0 Å². The van der Waals surface area contributed by atoms with Crippen LogP contribution in [0.1, 0.15) is 26.3 Å². The number of benzene rings is 1. The highest BCUT2D eigenvalue weighted by Crippen LogP contribution is 2.27. The highest BCUT2D eigenvalue weighted by atomic mass is 79.9. The molecule has 0 aliphatic heterocycles. The molecule has 1 nitrogen and oxygen atoms in total. The van der Waals surface area contributed by atoms with E-state index in [1.807, 2.05) is 6.07 Å². The second-order valence-electron chi connectivity index (χ2n) is 5.16. The zero-order chi connectivity index (χ0) is 12.9. The lowest BCUT2D eigenvalue weighted by atomic mass is 9.83. The Morgan fingerprint density at radius 1 is 1.41 bits per heavy atom. The zero-order valence-electron chi connectivity index (χ0n) is 11.0. The van der Waals surface area contributed by atoms with Crippen molar-refractivity contribution in [3.05, 3.63) is 47.0 Å². The van der Waals surface area contributed by atoms with Gasteiger partial charge >= 0.3 is 0 Å². The van der Waals surface area contributed by atoms with Gasteiger partial charge in [0.2, 0.25) is 0 Å². The first kappa shape index (κ1) is 14.5. The SMILES string of the molecule is C=CC(C)(CNC(C)C)Cc1ccccc1Br. The van der Waals surface area contributed by atoms with E-state index in [4.69, 9.17) is 0 Å².